The van der Waals surface area contributed by atoms with Crippen LogP contribution in [-0.2, 0) is 11.3 Å². The van der Waals surface area contributed by atoms with Crippen LogP contribution in [0.5, 0.6) is 0 Å². The summed E-state index contributed by atoms with van der Waals surface area (Å²) < 4.78 is 5.04. The van der Waals surface area contributed by atoms with E-state index in [1.54, 1.807) is 7.11 Å². The van der Waals surface area contributed by atoms with Crippen molar-refractivity contribution in [2.75, 3.05) is 18.6 Å². The summed E-state index contributed by atoms with van der Waals surface area (Å²) in [7, 11) is 1.63. The second-order valence-corrected chi connectivity index (χ2v) is 3.93. The van der Waals surface area contributed by atoms with E-state index < -0.39 is 0 Å². The fourth-order valence-electron chi connectivity index (χ4n) is 1.74. The smallest absolute Gasteiger partial charge is 0.222 e. The Morgan fingerprint density at radius 1 is 1.21 bits per heavy atom. The number of benzene rings is 1. The number of anilines is 2. The Kier molecular flexibility index (Phi) is 3.59. The Bertz CT molecular complexity index is 631. The minimum Gasteiger partial charge on any atom is -0.382 e. The highest BCUT2D eigenvalue weighted by atomic mass is 16.5. The molecule has 0 saturated heterocycles. The zero-order valence-corrected chi connectivity index (χ0v) is 10.4. The van der Waals surface area contributed by atoms with Crippen molar-refractivity contribution in [1.29, 1.82) is 5.26 Å². The van der Waals surface area contributed by atoms with Gasteiger partial charge in [0.15, 0.2) is 0 Å². The number of hydrogen-bond acceptors (Lipinski definition) is 6. The Balaban J connectivity index is 2.49. The van der Waals surface area contributed by atoms with E-state index in [4.69, 9.17) is 21.5 Å². The first-order chi connectivity index (χ1) is 9.15. The molecule has 0 aliphatic carbocycles. The molecule has 4 N–H and O–H groups in total. The predicted molar refractivity (Wildman–Crippen MR) is 71.7 cm³/mol. The van der Waals surface area contributed by atoms with Crippen molar-refractivity contribution in [1.82, 2.24) is 9.97 Å². The molecule has 2 aromatic rings. The van der Waals surface area contributed by atoms with Crippen LogP contribution >= 0.6 is 0 Å². The monoisotopic (exact) mass is 255 g/mol. The molecule has 6 heteroatoms. The lowest BCUT2D eigenvalue weighted by atomic mass is 10.1. The number of nitrogens with two attached hydrogens (primary N) is 2. The van der Waals surface area contributed by atoms with Crippen LogP contribution in [0.1, 0.15) is 11.1 Å². The zero-order chi connectivity index (χ0) is 13.8. The molecule has 0 fully saturated rings. The molecule has 0 aliphatic heterocycles. The van der Waals surface area contributed by atoms with Gasteiger partial charge in [0.1, 0.15) is 17.5 Å². The number of aromatic nitrogens is 2. The van der Waals surface area contributed by atoms with Crippen molar-refractivity contribution < 1.29 is 4.74 Å². The molecule has 1 aromatic carbocycles. The van der Waals surface area contributed by atoms with Crippen molar-refractivity contribution in [2.45, 2.75) is 6.61 Å². The maximum atomic E-state index is 9.12. The number of nitriles is 1. The molecule has 0 radical (unpaired) electrons. The minimum atomic E-state index is 0.0486. The van der Waals surface area contributed by atoms with Crippen LogP contribution in [-0.4, -0.2) is 17.1 Å². The van der Waals surface area contributed by atoms with Crippen LogP contribution in [0.25, 0.3) is 11.3 Å². The highest BCUT2D eigenvalue weighted by Gasteiger charge is 2.12. The van der Waals surface area contributed by atoms with Gasteiger partial charge in [-0.25, -0.2) is 4.98 Å². The van der Waals surface area contributed by atoms with Crippen LogP contribution in [0.4, 0.5) is 11.8 Å². The van der Waals surface area contributed by atoms with E-state index in [9.17, 15) is 0 Å². The third-order valence-electron chi connectivity index (χ3n) is 2.60. The highest BCUT2D eigenvalue weighted by Crippen LogP contribution is 2.25. The van der Waals surface area contributed by atoms with Gasteiger partial charge in [0, 0.05) is 12.7 Å². The van der Waals surface area contributed by atoms with Gasteiger partial charge in [-0.1, -0.05) is 24.3 Å². The van der Waals surface area contributed by atoms with Crippen molar-refractivity contribution in [3.63, 3.8) is 0 Å². The van der Waals surface area contributed by atoms with E-state index in [-0.39, 0.29) is 17.3 Å². The molecular formula is C13H13N5O. The van der Waals surface area contributed by atoms with Crippen LogP contribution in [0.3, 0.4) is 0 Å². The molecule has 0 unspecified atom stereocenters. The highest BCUT2D eigenvalue weighted by molar-refractivity contribution is 5.73. The van der Waals surface area contributed by atoms with Gasteiger partial charge in [0.25, 0.3) is 0 Å². The number of rotatable bonds is 3. The zero-order valence-electron chi connectivity index (χ0n) is 10.4. The van der Waals surface area contributed by atoms with Crippen LogP contribution in [0.15, 0.2) is 24.3 Å². The van der Waals surface area contributed by atoms with Gasteiger partial charge in [0.2, 0.25) is 5.95 Å². The molecular weight excluding hydrogens is 242 g/mol. The van der Waals surface area contributed by atoms with Crippen LogP contribution in [0.2, 0.25) is 0 Å². The SMILES string of the molecule is COCc1ccc(-c2nc(N)nc(N)c2C#N)cc1. The molecule has 6 nitrogen and oxygen atoms in total. The van der Waals surface area contributed by atoms with E-state index in [2.05, 4.69) is 9.97 Å². The Morgan fingerprint density at radius 2 is 1.89 bits per heavy atom. The van der Waals surface area contributed by atoms with Gasteiger partial charge in [-0.05, 0) is 5.56 Å². The first kappa shape index (κ1) is 12.8. The van der Waals surface area contributed by atoms with Gasteiger partial charge in [-0.3, -0.25) is 0 Å². The van der Waals surface area contributed by atoms with Gasteiger partial charge < -0.3 is 16.2 Å². The average Bonchev–Trinajstić information content (AvgIpc) is 2.39. The molecule has 0 amide bonds. The summed E-state index contributed by atoms with van der Waals surface area (Å²) in [4.78, 5) is 7.86. The summed E-state index contributed by atoms with van der Waals surface area (Å²) >= 11 is 0. The van der Waals surface area contributed by atoms with Gasteiger partial charge >= 0.3 is 0 Å². The molecule has 2 rings (SSSR count). The largest absolute Gasteiger partial charge is 0.382 e. The normalized spacial score (nSPS) is 10.1. The van der Waals surface area contributed by atoms with Crippen LogP contribution in [0, 0.1) is 11.3 Å². The number of nitrogen functional groups attached to an aromatic ring is 2. The number of methoxy groups -OCH3 is 1. The molecule has 96 valence electrons. The van der Waals surface area contributed by atoms with Gasteiger partial charge in [-0.15, -0.1) is 0 Å². The Labute approximate surface area is 110 Å². The summed E-state index contributed by atoms with van der Waals surface area (Å²) in [6.45, 7) is 0.527. The lowest BCUT2D eigenvalue weighted by Crippen LogP contribution is -2.05. The minimum absolute atomic E-state index is 0.0486. The van der Waals surface area contributed by atoms with E-state index >= 15 is 0 Å². The molecule has 1 aromatic heterocycles. The third kappa shape index (κ3) is 2.61. The first-order valence-corrected chi connectivity index (χ1v) is 5.57. The van der Waals surface area contributed by atoms with E-state index in [1.165, 1.54) is 0 Å². The summed E-state index contributed by atoms with van der Waals surface area (Å²) in [5.41, 5.74) is 13.7. The topological polar surface area (TPSA) is 111 Å². The fraction of sp³-hybridized carbons (Fsp3) is 0.154. The van der Waals surface area contributed by atoms with Crippen molar-refractivity contribution in [3.8, 4) is 17.3 Å². The van der Waals surface area contributed by atoms with Gasteiger partial charge in [-0.2, -0.15) is 10.2 Å². The molecule has 1 heterocycles. The van der Waals surface area contributed by atoms with E-state index in [0.717, 1.165) is 11.1 Å². The van der Waals surface area contributed by atoms with Gasteiger partial charge in [0.05, 0.1) is 12.3 Å². The van der Waals surface area contributed by atoms with Crippen molar-refractivity contribution in [3.05, 3.63) is 35.4 Å². The molecule has 19 heavy (non-hydrogen) atoms. The summed E-state index contributed by atoms with van der Waals surface area (Å²) in [5, 5.41) is 9.12. The molecule has 0 saturated carbocycles. The molecule has 0 aliphatic rings. The Morgan fingerprint density at radius 3 is 2.47 bits per heavy atom. The lowest BCUT2D eigenvalue weighted by Gasteiger charge is -2.07. The number of ether oxygens (including phenoxy) is 1. The summed E-state index contributed by atoms with van der Waals surface area (Å²) in [6.07, 6.45) is 0. The fourth-order valence-corrected chi connectivity index (χ4v) is 1.74. The van der Waals surface area contributed by atoms with Crippen LogP contribution < -0.4 is 11.5 Å². The lowest BCUT2D eigenvalue weighted by molar-refractivity contribution is 0.185. The average molecular weight is 255 g/mol. The summed E-state index contributed by atoms with van der Waals surface area (Å²) in [5.74, 6) is 0.137. The summed E-state index contributed by atoms with van der Waals surface area (Å²) in [6, 6.07) is 9.48. The quantitative estimate of drug-likeness (QED) is 0.855. The Hall–Kier alpha value is -2.65. The number of nitrogens with zero attached hydrogens (tertiary/aromatic N) is 3. The number of hydrogen-bond donors (Lipinski definition) is 2. The standard InChI is InChI=1S/C13H13N5O/c1-19-7-8-2-4-9(5-3-8)11-10(6-14)12(15)18-13(16)17-11/h2-5H,7H2,1H3,(H4,15,16,17,18). The first-order valence-electron chi connectivity index (χ1n) is 5.57. The second kappa shape index (κ2) is 5.33. The van der Waals surface area contributed by atoms with E-state index in [1.807, 2.05) is 30.3 Å². The van der Waals surface area contributed by atoms with Crippen molar-refractivity contribution in [2.24, 2.45) is 0 Å². The maximum Gasteiger partial charge on any atom is 0.222 e. The predicted octanol–water partition coefficient (Wildman–Crippen LogP) is 1.33. The van der Waals surface area contributed by atoms with Crippen molar-refractivity contribution >= 4 is 11.8 Å². The molecule has 0 spiro atoms. The second-order valence-electron chi connectivity index (χ2n) is 3.93. The third-order valence-corrected chi connectivity index (χ3v) is 2.60. The molecule has 0 bridgehead atoms. The molecule has 0 atom stereocenters. The maximum absolute atomic E-state index is 9.12. The van der Waals surface area contributed by atoms with E-state index in [0.29, 0.717) is 12.3 Å².